The van der Waals surface area contributed by atoms with Crippen molar-refractivity contribution in [2.75, 3.05) is 53.4 Å². The monoisotopic (exact) mass is 424 g/mol. The molecular formula is C14H21F9O4. The molecule has 0 bridgehead atoms. The maximum Gasteiger partial charge on any atom is 0.460 e. The summed E-state index contributed by atoms with van der Waals surface area (Å²) in [5, 5.41) is 0. The summed E-state index contributed by atoms with van der Waals surface area (Å²) < 4.78 is 133. The standard InChI is InChI=1S/C14H21F9O4/c1-24-5-6-26-9-10-27-8-7-25-4-2-3-11(15,16)12(17,18)13(19,20)14(21,22)23/h2-10H2,1H3. The molecule has 0 aromatic rings. The van der Waals surface area contributed by atoms with Crippen molar-refractivity contribution < 1.29 is 58.5 Å². The fourth-order valence-corrected chi connectivity index (χ4v) is 1.65. The van der Waals surface area contributed by atoms with Crippen molar-refractivity contribution in [3.05, 3.63) is 0 Å². The van der Waals surface area contributed by atoms with E-state index in [2.05, 4.69) is 0 Å². The number of methoxy groups -OCH3 is 1. The smallest absolute Gasteiger partial charge is 0.382 e. The van der Waals surface area contributed by atoms with E-state index in [0.717, 1.165) is 0 Å². The maximum atomic E-state index is 13.2. The third-order valence-corrected chi connectivity index (χ3v) is 3.16. The highest BCUT2D eigenvalue weighted by Crippen LogP contribution is 2.54. The summed E-state index contributed by atoms with van der Waals surface area (Å²) in [4.78, 5) is 0. The lowest BCUT2D eigenvalue weighted by Gasteiger charge is -2.33. The van der Waals surface area contributed by atoms with E-state index in [1.165, 1.54) is 7.11 Å². The Bertz CT molecular complexity index is 403. The number of halogens is 9. The van der Waals surface area contributed by atoms with E-state index in [1.807, 2.05) is 0 Å². The Morgan fingerprint density at radius 1 is 0.556 bits per heavy atom. The number of ether oxygens (including phenoxy) is 4. The van der Waals surface area contributed by atoms with Gasteiger partial charge in [0.2, 0.25) is 0 Å². The van der Waals surface area contributed by atoms with Crippen LogP contribution in [0.2, 0.25) is 0 Å². The zero-order valence-electron chi connectivity index (χ0n) is 14.4. The second-order valence-corrected chi connectivity index (χ2v) is 5.28. The molecule has 0 saturated heterocycles. The zero-order chi connectivity index (χ0) is 21.2. The number of hydrogen-bond donors (Lipinski definition) is 0. The second-order valence-electron chi connectivity index (χ2n) is 5.28. The van der Waals surface area contributed by atoms with E-state index >= 15 is 0 Å². The van der Waals surface area contributed by atoms with E-state index in [1.54, 1.807) is 0 Å². The molecule has 13 heteroatoms. The van der Waals surface area contributed by atoms with E-state index in [-0.39, 0.29) is 26.4 Å². The van der Waals surface area contributed by atoms with Crippen molar-refractivity contribution in [1.82, 2.24) is 0 Å². The van der Waals surface area contributed by atoms with Gasteiger partial charge in [0.25, 0.3) is 0 Å². The van der Waals surface area contributed by atoms with Crippen LogP contribution in [0.5, 0.6) is 0 Å². The van der Waals surface area contributed by atoms with E-state index in [0.29, 0.717) is 13.2 Å². The molecule has 164 valence electrons. The van der Waals surface area contributed by atoms with Crippen LogP contribution in [0.15, 0.2) is 0 Å². The van der Waals surface area contributed by atoms with Crippen molar-refractivity contribution in [3.8, 4) is 0 Å². The molecule has 0 aliphatic carbocycles. The number of alkyl halides is 9. The van der Waals surface area contributed by atoms with Crippen molar-refractivity contribution in [1.29, 1.82) is 0 Å². The molecule has 0 aliphatic heterocycles. The number of hydrogen-bond acceptors (Lipinski definition) is 4. The number of rotatable bonds is 15. The Morgan fingerprint density at radius 3 is 1.37 bits per heavy atom. The molecule has 0 atom stereocenters. The van der Waals surface area contributed by atoms with Crippen LogP contribution in [-0.2, 0) is 18.9 Å². The van der Waals surface area contributed by atoms with E-state index in [9.17, 15) is 39.5 Å². The second kappa shape index (κ2) is 11.3. The molecule has 0 rings (SSSR count). The van der Waals surface area contributed by atoms with Crippen molar-refractivity contribution in [2.45, 2.75) is 36.8 Å². The predicted octanol–water partition coefficient (Wildman–Crippen LogP) is 3.93. The summed E-state index contributed by atoms with van der Waals surface area (Å²) in [5.74, 6) is -19.0. The van der Waals surface area contributed by atoms with E-state index < -0.39 is 43.4 Å². The van der Waals surface area contributed by atoms with Gasteiger partial charge in [0, 0.05) is 20.1 Å². The van der Waals surface area contributed by atoms with Crippen molar-refractivity contribution >= 4 is 0 Å². The molecule has 0 radical (unpaired) electrons. The minimum atomic E-state index is -6.86. The largest absolute Gasteiger partial charge is 0.460 e. The minimum Gasteiger partial charge on any atom is -0.382 e. The van der Waals surface area contributed by atoms with Crippen LogP contribution in [0.25, 0.3) is 0 Å². The summed E-state index contributed by atoms with van der Waals surface area (Å²) in [5.41, 5.74) is 0. The Kier molecular flexibility index (Phi) is 10.9. The van der Waals surface area contributed by atoms with Crippen molar-refractivity contribution in [2.24, 2.45) is 0 Å². The lowest BCUT2D eigenvalue weighted by Crippen LogP contribution is -2.60. The summed E-state index contributed by atoms with van der Waals surface area (Å²) in [6.45, 7) is 0.592. The fourth-order valence-electron chi connectivity index (χ4n) is 1.65. The lowest BCUT2D eigenvalue weighted by atomic mass is 10.00. The van der Waals surface area contributed by atoms with Gasteiger partial charge in [0.15, 0.2) is 0 Å². The molecule has 0 amide bonds. The molecule has 0 heterocycles. The average Bonchev–Trinajstić information content (AvgIpc) is 2.54. The molecule has 0 unspecified atom stereocenters. The van der Waals surface area contributed by atoms with Gasteiger partial charge in [0.05, 0.1) is 39.6 Å². The van der Waals surface area contributed by atoms with Gasteiger partial charge < -0.3 is 18.9 Å². The first-order chi connectivity index (χ1) is 12.3. The minimum absolute atomic E-state index is 0.0202. The quantitative estimate of drug-likeness (QED) is 0.295. The first kappa shape index (κ1) is 26.2. The van der Waals surface area contributed by atoms with Gasteiger partial charge in [-0.1, -0.05) is 0 Å². The molecule has 0 fully saturated rings. The Labute approximate surface area is 149 Å². The Balaban J connectivity index is 4.03. The molecule has 27 heavy (non-hydrogen) atoms. The highest BCUT2D eigenvalue weighted by atomic mass is 19.4. The van der Waals surface area contributed by atoms with Gasteiger partial charge in [-0.05, 0) is 6.42 Å². The highest BCUT2D eigenvalue weighted by molar-refractivity contribution is 5.00. The maximum absolute atomic E-state index is 13.2. The lowest BCUT2D eigenvalue weighted by molar-refractivity contribution is -0.396. The normalized spacial score (nSPS) is 14.0. The molecule has 4 nitrogen and oxygen atoms in total. The third kappa shape index (κ3) is 8.00. The fraction of sp³-hybridized carbons (Fsp3) is 1.00. The van der Waals surface area contributed by atoms with Crippen LogP contribution in [-0.4, -0.2) is 77.3 Å². The molecule has 0 spiro atoms. The summed E-state index contributed by atoms with van der Waals surface area (Å²) in [7, 11) is 1.50. The van der Waals surface area contributed by atoms with Gasteiger partial charge in [0.1, 0.15) is 0 Å². The molecule has 0 aromatic heterocycles. The summed E-state index contributed by atoms with van der Waals surface area (Å²) in [6.07, 6.45) is -9.56. The van der Waals surface area contributed by atoms with Crippen LogP contribution >= 0.6 is 0 Å². The molecule has 0 aliphatic rings. The summed E-state index contributed by atoms with van der Waals surface area (Å²) >= 11 is 0. The first-order valence-electron chi connectivity index (χ1n) is 7.73. The van der Waals surface area contributed by atoms with Crippen LogP contribution in [0.3, 0.4) is 0 Å². The van der Waals surface area contributed by atoms with Gasteiger partial charge in [-0.3, -0.25) is 0 Å². The first-order valence-corrected chi connectivity index (χ1v) is 7.73. The van der Waals surface area contributed by atoms with Crippen molar-refractivity contribution in [3.63, 3.8) is 0 Å². The van der Waals surface area contributed by atoms with Crippen LogP contribution < -0.4 is 0 Å². The topological polar surface area (TPSA) is 36.9 Å². The van der Waals surface area contributed by atoms with Gasteiger partial charge in [-0.15, -0.1) is 0 Å². The summed E-state index contributed by atoms with van der Waals surface area (Å²) in [6, 6.07) is 0. The molecule has 0 saturated carbocycles. The van der Waals surface area contributed by atoms with Crippen LogP contribution in [0, 0.1) is 0 Å². The van der Waals surface area contributed by atoms with Crippen LogP contribution in [0.4, 0.5) is 39.5 Å². The predicted molar refractivity (Wildman–Crippen MR) is 74.5 cm³/mol. The van der Waals surface area contributed by atoms with Gasteiger partial charge >= 0.3 is 23.9 Å². The van der Waals surface area contributed by atoms with Crippen LogP contribution in [0.1, 0.15) is 12.8 Å². The SMILES string of the molecule is COCCOCCOCCOCCCC(F)(F)C(F)(F)C(F)(F)C(F)(F)F. The molecular weight excluding hydrogens is 403 g/mol. The average molecular weight is 424 g/mol. The molecule has 0 N–H and O–H groups in total. The Morgan fingerprint density at radius 2 is 0.963 bits per heavy atom. The third-order valence-electron chi connectivity index (χ3n) is 3.16. The highest BCUT2D eigenvalue weighted by Gasteiger charge is 2.81. The van der Waals surface area contributed by atoms with Gasteiger partial charge in [-0.25, -0.2) is 0 Å². The van der Waals surface area contributed by atoms with E-state index in [4.69, 9.17) is 18.9 Å². The van der Waals surface area contributed by atoms with Gasteiger partial charge in [-0.2, -0.15) is 39.5 Å². The zero-order valence-corrected chi connectivity index (χ0v) is 14.4. The Hall–Kier alpha value is -0.790. The molecule has 0 aromatic carbocycles.